The number of amides is 1. The van der Waals surface area contributed by atoms with Crippen LogP contribution < -0.4 is 19.7 Å². The summed E-state index contributed by atoms with van der Waals surface area (Å²) in [4.78, 5) is 15.4. The first-order valence-corrected chi connectivity index (χ1v) is 10.0. The second kappa shape index (κ2) is 8.12. The van der Waals surface area contributed by atoms with Crippen LogP contribution >= 0.6 is 22.9 Å². The number of nitrogens with one attached hydrogen (secondary N) is 1. The van der Waals surface area contributed by atoms with E-state index in [2.05, 4.69) is 10.2 Å². The summed E-state index contributed by atoms with van der Waals surface area (Å²) in [6, 6.07) is 17.0. The molecule has 0 unspecified atom stereocenters. The van der Waals surface area contributed by atoms with E-state index in [0.29, 0.717) is 29.6 Å². The standard InChI is InChI=1S/C21H19ClN2O3S/c1-26-17-5-3-2-4-14(17)13-23-21(25)19-8-9-20(28-19)24-10-11-27-18-7-6-15(22)12-16(18)24/h2-9,12H,10-11,13H2,1H3,(H,23,25). The van der Waals surface area contributed by atoms with E-state index >= 15 is 0 Å². The van der Waals surface area contributed by atoms with Crippen molar-refractivity contribution in [1.29, 1.82) is 0 Å². The molecule has 28 heavy (non-hydrogen) atoms. The fourth-order valence-corrected chi connectivity index (χ4v) is 4.25. The van der Waals surface area contributed by atoms with Crippen LogP contribution in [-0.2, 0) is 6.54 Å². The Kier molecular flexibility index (Phi) is 5.41. The molecule has 4 rings (SSSR count). The van der Waals surface area contributed by atoms with Gasteiger partial charge in [0.1, 0.15) is 18.1 Å². The molecule has 5 nitrogen and oxygen atoms in total. The van der Waals surface area contributed by atoms with Crippen molar-refractivity contribution in [2.45, 2.75) is 6.54 Å². The van der Waals surface area contributed by atoms with Crippen molar-refractivity contribution in [3.05, 3.63) is 70.1 Å². The average Bonchev–Trinajstić information content (AvgIpc) is 3.22. The maximum absolute atomic E-state index is 12.6. The molecule has 0 aliphatic carbocycles. The Balaban J connectivity index is 1.49. The Bertz CT molecular complexity index is 1000. The Hall–Kier alpha value is -2.70. The number of halogens is 1. The molecule has 0 radical (unpaired) electrons. The molecule has 3 aromatic rings. The fourth-order valence-electron chi connectivity index (χ4n) is 3.13. The lowest BCUT2D eigenvalue weighted by Crippen LogP contribution is -2.27. The summed E-state index contributed by atoms with van der Waals surface area (Å²) in [5, 5.41) is 4.60. The van der Waals surface area contributed by atoms with Gasteiger partial charge in [-0.3, -0.25) is 4.79 Å². The lowest BCUT2D eigenvalue weighted by molar-refractivity contribution is 0.0954. The molecule has 0 saturated carbocycles. The van der Waals surface area contributed by atoms with Gasteiger partial charge in [-0.25, -0.2) is 0 Å². The van der Waals surface area contributed by atoms with Gasteiger partial charge in [-0.1, -0.05) is 29.8 Å². The zero-order chi connectivity index (χ0) is 19.5. The smallest absolute Gasteiger partial charge is 0.261 e. The summed E-state index contributed by atoms with van der Waals surface area (Å²) < 4.78 is 11.0. The fraction of sp³-hybridized carbons (Fsp3) is 0.190. The van der Waals surface area contributed by atoms with E-state index in [9.17, 15) is 4.79 Å². The van der Waals surface area contributed by atoms with Crippen molar-refractivity contribution in [3.8, 4) is 11.5 Å². The van der Waals surface area contributed by atoms with E-state index in [0.717, 1.165) is 27.8 Å². The van der Waals surface area contributed by atoms with Gasteiger partial charge in [-0.2, -0.15) is 0 Å². The maximum Gasteiger partial charge on any atom is 0.261 e. The molecule has 7 heteroatoms. The van der Waals surface area contributed by atoms with Crippen LogP contribution in [0.2, 0.25) is 5.02 Å². The first-order chi connectivity index (χ1) is 13.7. The Morgan fingerprint density at radius 3 is 2.96 bits per heavy atom. The number of benzene rings is 2. The summed E-state index contributed by atoms with van der Waals surface area (Å²) in [5.41, 5.74) is 1.86. The topological polar surface area (TPSA) is 50.8 Å². The van der Waals surface area contributed by atoms with Crippen molar-refractivity contribution in [3.63, 3.8) is 0 Å². The molecule has 0 atom stereocenters. The van der Waals surface area contributed by atoms with Gasteiger partial charge >= 0.3 is 0 Å². The third-order valence-electron chi connectivity index (χ3n) is 4.50. The van der Waals surface area contributed by atoms with Crippen LogP contribution in [0.15, 0.2) is 54.6 Å². The van der Waals surface area contributed by atoms with Gasteiger partial charge in [-0.05, 0) is 36.4 Å². The van der Waals surface area contributed by atoms with Crippen LogP contribution in [0.1, 0.15) is 15.2 Å². The molecule has 1 aliphatic rings. The molecular weight excluding hydrogens is 396 g/mol. The lowest BCUT2D eigenvalue weighted by atomic mass is 10.2. The zero-order valence-electron chi connectivity index (χ0n) is 15.3. The van der Waals surface area contributed by atoms with Gasteiger partial charge in [0.25, 0.3) is 5.91 Å². The molecule has 1 aliphatic heterocycles. The Morgan fingerprint density at radius 2 is 2.11 bits per heavy atom. The van der Waals surface area contributed by atoms with Crippen LogP contribution in [0.25, 0.3) is 0 Å². The molecule has 2 aromatic carbocycles. The van der Waals surface area contributed by atoms with Crippen LogP contribution in [0.3, 0.4) is 0 Å². The van der Waals surface area contributed by atoms with Crippen LogP contribution in [0.4, 0.5) is 10.7 Å². The number of hydrogen-bond acceptors (Lipinski definition) is 5. The molecule has 1 aromatic heterocycles. The number of rotatable bonds is 5. The highest BCUT2D eigenvalue weighted by Gasteiger charge is 2.22. The van der Waals surface area contributed by atoms with E-state index in [1.54, 1.807) is 7.11 Å². The maximum atomic E-state index is 12.6. The van der Waals surface area contributed by atoms with Gasteiger partial charge in [0.15, 0.2) is 0 Å². The molecule has 1 N–H and O–H groups in total. The van der Waals surface area contributed by atoms with E-state index in [1.807, 2.05) is 54.6 Å². The number of hydrogen-bond donors (Lipinski definition) is 1. The number of carbonyl (C=O) groups is 1. The van der Waals surface area contributed by atoms with Crippen molar-refractivity contribution >= 4 is 39.5 Å². The quantitative estimate of drug-likeness (QED) is 0.647. The average molecular weight is 415 g/mol. The number of thiophene rings is 1. The SMILES string of the molecule is COc1ccccc1CNC(=O)c1ccc(N2CCOc3ccc(Cl)cc32)s1. The lowest BCUT2D eigenvalue weighted by Gasteiger charge is -2.30. The summed E-state index contributed by atoms with van der Waals surface area (Å²) in [6.07, 6.45) is 0. The van der Waals surface area contributed by atoms with Gasteiger partial charge in [0, 0.05) is 17.1 Å². The van der Waals surface area contributed by atoms with Gasteiger partial charge in [0.05, 0.1) is 29.2 Å². The first kappa shape index (κ1) is 18.7. The van der Waals surface area contributed by atoms with Crippen LogP contribution in [-0.4, -0.2) is 26.2 Å². The highest BCUT2D eigenvalue weighted by atomic mass is 35.5. The molecule has 0 bridgehead atoms. The predicted octanol–water partition coefficient (Wildman–Crippen LogP) is 4.87. The van der Waals surface area contributed by atoms with Crippen LogP contribution in [0.5, 0.6) is 11.5 Å². The van der Waals surface area contributed by atoms with Crippen molar-refractivity contribution in [2.75, 3.05) is 25.2 Å². The van der Waals surface area contributed by atoms with Gasteiger partial charge in [0.2, 0.25) is 0 Å². The Morgan fingerprint density at radius 1 is 1.25 bits per heavy atom. The number of ether oxygens (including phenoxy) is 2. The minimum atomic E-state index is -0.110. The van der Waals surface area contributed by atoms with Crippen LogP contribution in [0, 0.1) is 0 Å². The summed E-state index contributed by atoms with van der Waals surface area (Å²) in [6.45, 7) is 1.70. The largest absolute Gasteiger partial charge is 0.496 e. The molecule has 0 fully saturated rings. The second-order valence-electron chi connectivity index (χ2n) is 6.24. The predicted molar refractivity (Wildman–Crippen MR) is 112 cm³/mol. The third-order valence-corrected chi connectivity index (χ3v) is 5.84. The molecule has 0 spiro atoms. The Labute approximate surface area is 172 Å². The number of fused-ring (bicyclic) bond motifs is 1. The summed E-state index contributed by atoms with van der Waals surface area (Å²) in [5.74, 6) is 1.45. The molecular formula is C21H19ClN2O3S. The minimum absolute atomic E-state index is 0.110. The van der Waals surface area contributed by atoms with Gasteiger partial charge < -0.3 is 19.7 Å². The molecule has 0 saturated heterocycles. The summed E-state index contributed by atoms with van der Waals surface area (Å²) >= 11 is 7.60. The summed E-state index contributed by atoms with van der Waals surface area (Å²) in [7, 11) is 1.62. The minimum Gasteiger partial charge on any atom is -0.496 e. The third kappa shape index (κ3) is 3.79. The van der Waals surface area contributed by atoms with E-state index < -0.39 is 0 Å². The molecule has 144 valence electrons. The number of para-hydroxylation sites is 1. The van der Waals surface area contributed by atoms with E-state index in [-0.39, 0.29) is 5.91 Å². The first-order valence-electron chi connectivity index (χ1n) is 8.85. The number of anilines is 2. The number of methoxy groups -OCH3 is 1. The van der Waals surface area contributed by atoms with E-state index in [4.69, 9.17) is 21.1 Å². The normalized spacial score (nSPS) is 12.9. The van der Waals surface area contributed by atoms with Gasteiger partial charge in [-0.15, -0.1) is 11.3 Å². The van der Waals surface area contributed by atoms with Crippen molar-refractivity contribution in [2.24, 2.45) is 0 Å². The highest BCUT2D eigenvalue weighted by molar-refractivity contribution is 7.18. The number of carbonyl (C=O) groups excluding carboxylic acids is 1. The molecule has 2 heterocycles. The van der Waals surface area contributed by atoms with Crippen molar-refractivity contribution in [1.82, 2.24) is 5.32 Å². The monoisotopic (exact) mass is 414 g/mol. The number of nitrogens with zero attached hydrogens (tertiary/aromatic N) is 1. The highest BCUT2D eigenvalue weighted by Crippen LogP contribution is 2.40. The van der Waals surface area contributed by atoms with Crippen molar-refractivity contribution < 1.29 is 14.3 Å². The molecule has 1 amide bonds. The van der Waals surface area contributed by atoms with E-state index in [1.165, 1.54) is 11.3 Å². The zero-order valence-corrected chi connectivity index (χ0v) is 16.8. The second-order valence-corrected chi connectivity index (χ2v) is 7.74.